The number of halogens is 1. The Morgan fingerprint density at radius 3 is 3.06 bits per heavy atom. The van der Waals surface area contributed by atoms with Gasteiger partial charge in [0.05, 0.1) is 10.8 Å². The molecule has 18 heavy (non-hydrogen) atoms. The van der Waals surface area contributed by atoms with Gasteiger partial charge in [-0.15, -0.1) is 11.3 Å². The molecule has 1 aliphatic rings. The first-order chi connectivity index (χ1) is 8.58. The molecule has 1 aliphatic heterocycles. The third kappa shape index (κ3) is 3.41. The predicted octanol–water partition coefficient (Wildman–Crippen LogP) is 3.35. The van der Waals surface area contributed by atoms with Crippen LogP contribution in [0.4, 0.5) is 0 Å². The molecule has 2 heterocycles. The highest BCUT2D eigenvalue weighted by atomic mass is 35.5. The van der Waals surface area contributed by atoms with Gasteiger partial charge in [0.1, 0.15) is 0 Å². The lowest BCUT2D eigenvalue weighted by Crippen LogP contribution is -2.44. The number of thiophene rings is 1. The summed E-state index contributed by atoms with van der Waals surface area (Å²) in [5.41, 5.74) is 0. The van der Waals surface area contributed by atoms with Crippen LogP contribution >= 0.6 is 34.7 Å². The van der Waals surface area contributed by atoms with Gasteiger partial charge in [-0.3, -0.25) is 9.69 Å². The third-order valence-corrected chi connectivity index (χ3v) is 5.68. The van der Waals surface area contributed by atoms with E-state index in [0.29, 0.717) is 0 Å². The van der Waals surface area contributed by atoms with Crippen LogP contribution in [0, 0.1) is 0 Å². The van der Waals surface area contributed by atoms with Crippen LogP contribution in [0.15, 0.2) is 12.1 Å². The number of aliphatic carboxylic acids is 1. The molecule has 100 valence electrons. The van der Waals surface area contributed by atoms with Gasteiger partial charge in [-0.2, -0.15) is 11.8 Å². The fourth-order valence-corrected chi connectivity index (χ4v) is 4.49. The van der Waals surface area contributed by atoms with Gasteiger partial charge >= 0.3 is 5.97 Å². The smallest absolute Gasteiger partial charge is 0.304 e. The van der Waals surface area contributed by atoms with E-state index in [9.17, 15) is 4.79 Å². The highest BCUT2D eigenvalue weighted by Gasteiger charge is 2.29. The summed E-state index contributed by atoms with van der Waals surface area (Å²) in [4.78, 5) is 14.4. The summed E-state index contributed by atoms with van der Waals surface area (Å²) in [6, 6.07) is 4.31. The molecule has 2 rings (SSSR count). The average Bonchev–Trinajstić information content (AvgIpc) is 2.75. The summed E-state index contributed by atoms with van der Waals surface area (Å²) in [6.45, 7) is 3.08. The highest BCUT2D eigenvalue weighted by molar-refractivity contribution is 7.99. The third-order valence-electron chi connectivity index (χ3n) is 3.19. The Morgan fingerprint density at radius 2 is 2.44 bits per heavy atom. The molecule has 0 radical (unpaired) electrons. The average molecular weight is 306 g/mol. The van der Waals surface area contributed by atoms with Gasteiger partial charge < -0.3 is 5.11 Å². The lowest BCUT2D eigenvalue weighted by Gasteiger charge is -2.38. The van der Waals surface area contributed by atoms with E-state index in [1.165, 1.54) is 4.88 Å². The van der Waals surface area contributed by atoms with Gasteiger partial charge in [-0.05, 0) is 19.1 Å². The minimum atomic E-state index is -0.719. The van der Waals surface area contributed by atoms with Crippen LogP contribution in [-0.4, -0.2) is 40.1 Å². The maximum atomic E-state index is 10.9. The number of thioether (sulfide) groups is 1. The van der Waals surface area contributed by atoms with Gasteiger partial charge in [0.15, 0.2) is 0 Å². The Labute approximate surface area is 120 Å². The predicted molar refractivity (Wildman–Crippen MR) is 77.8 cm³/mol. The van der Waals surface area contributed by atoms with Crippen LogP contribution in [0.2, 0.25) is 4.34 Å². The van der Waals surface area contributed by atoms with Crippen molar-refractivity contribution in [3.8, 4) is 0 Å². The van der Waals surface area contributed by atoms with Gasteiger partial charge in [0.25, 0.3) is 0 Å². The highest BCUT2D eigenvalue weighted by Crippen LogP contribution is 2.34. The number of hydrogen-bond donors (Lipinski definition) is 1. The van der Waals surface area contributed by atoms with E-state index in [2.05, 4.69) is 11.8 Å². The Hall–Kier alpha value is -0.230. The number of carbonyl (C=O) groups is 1. The quantitative estimate of drug-likeness (QED) is 0.926. The zero-order chi connectivity index (χ0) is 13.1. The molecular formula is C12H16ClNO2S2. The van der Waals surface area contributed by atoms with E-state index in [1.54, 1.807) is 11.3 Å². The SMILES string of the molecule is CC(c1ccc(Cl)s1)N1CCSCC1CC(=O)O. The monoisotopic (exact) mass is 305 g/mol. The molecule has 2 unspecified atom stereocenters. The second-order valence-corrected chi connectivity index (χ2v) is 7.28. The van der Waals surface area contributed by atoms with Crippen molar-refractivity contribution in [2.75, 3.05) is 18.1 Å². The fourth-order valence-electron chi connectivity index (χ4n) is 2.27. The van der Waals surface area contributed by atoms with Gasteiger partial charge in [0.2, 0.25) is 0 Å². The summed E-state index contributed by atoms with van der Waals surface area (Å²) in [5, 5.41) is 8.99. The summed E-state index contributed by atoms with van der Waals surface area (Å²) < 4.78 is 0.790. The number of nitrogens with zero attached hydrogens (tertiary/aromatic N) is 1. The Morgan fingerprint density at radius 1 is 1.67 bits per heavy atom. The van der Waals surface area contributed by atoms with Crippen LogP contribution in [0.25, 0.3) is 0 Å². The van der Waals surface area contributed by atoms with E-state index in [0.717, 1.165) is 22.4 Å². The first-order valence-electron chi connectivity index (χ1n) is 5.88. The minimum absolute atomic E-state index is 0.122. The van der Waals surface area contributed by atoms with E-state index >= 15 is 0 Å². The molecule has 2 atom stereocenters. The van der Waals surface area contributed by atoms with Crippen molar-refractivity contribution in [2.24, 2.45) is 0 Å². The Kier molecular flexibility index (Phi) is 4.95. The van der Waals surface area contributed by atoms with Crippen molar-refractivity contribution in [3.63, 3.8) is 0 Å². The van der Waals surface area contributed by atoms with Crippen molar-refractivity contribution in [2.45, 2.75) is 25.4 Å². The van der Waals surface area contributed by atoms with Crippen LogP contribution in [0.1, 0.15) is 24.3 Å². The van der Waals surface area contributed by atoms with Crippen molar-refractivity contribution in [1.29, 1.82) is 0 Å². The molecule has 1 aromatic heterocycles. The topological polar surface area (TPSA) is 40.5 Å². The normalized spacial score (nSPS) is 22.9. The molecular weight excluding hydrogens is 290 g/mol. The standard InChI is InChI=1S/C12H16ClNO2S2/c1-8(10-2-3-11(13)18-10)14-4-5-17-7-9(14)6-12(15)16/h2-3,8-9H,4-7H2,1H3,(H,15,16). The lowest BCUT2D eigenvalue weighted by atomic mass is 10.1. The summed E-state index contributed by atoms with van der Waals surface area (Å²) in [7, 11) is 0. The molecule has 1 fully saturated rings. The van der Waals surface area contributed by atoms with Crippen LogP contribution in [0.3, 0.4) is 0 Å². The van der Waals surface area contributed by atoms with E-state index < -0.39 is 5.97 Å². The molecule has 0 amide bonds. The maximum Gasteiger partial charge on any atom is 0.304 e. The van der Waals surface area contributed by atoms with Gasteiger partial charge in [-0.1, -0.05) is 11.6 Å². The molecule has 1 N–H and O–H groups in total. The maximum absolute atomic E-state index is 10.9. The van der Waals surface area contributed by atoms with Crippen LogP contribution in [-0.2, 0) is 4.79 Å². The number of hydrogen-bond acceptors (Lipinski definition) is 4. The largest absolute Gasteiger partial charge is 0.481 e. The summed E-state index contributed by atoms with van der Waals surface area (Å²) in [6.07, 6.45) is 0.219. The molecule has 0 aromatic carbocycles. The number of carboxylic acid groups (broad SMARTS) is 1. The fraction of sp³-hybridized carbons (Fsp3) is 0.583. The van der Waals surface area contributed by atoms with Crippen molar-refractivity contribution in [1.82, 2.24) is 4.90 Å². The number of rotatable bonds is 4. The minimum Gasteiger partial charge on any atom is -0.481 e. The zero-order valence-electron chi connectivity index (χ0n) is 10.1. The molecule has 0 spiro atoms. The molecule has 1 aromatic rings. The van der Waals surface area contributed by atoms with E-state index in [1.807, 2.05) is 23.9 Å². The van der Waals surface area contributed by atoms with Gasteiger partial charge in [-0.25, -0.2) is 0 Å². The first-order valence-corrected chi connectivity index (χ1v) is 8.23. The zero-order valence-corrected chi connectivity index (χ0v) is 12.5. The molecule has 0 saturated carbocycles. The van der Waals surface area contributed by atoms with Crippen molar-refractivity contribution >= 4 is 40.7 Å². The van der Waals surface area contributed by atoms with Crippen molar-refractivity contribution in [3.05, 3.63) is 21.3 Å². The Balaban J connectivity index is 2.10. The number of carboxylic acids is 1. The van der Waals surface area contributed by atoms with Crippen LogP contribution < -0.4 is 0 Å². The molecule has 1 saturated heterocycles. The van der Waals surface area contributed by atoms with Crippen molar-refractivity contribution < 1.29 is 9.90 Å². The second kappa shape index (κ2) is 6.28. The Bertz CT molecular complexity index is 424. The molecule has 0 aliphatic carbocycles. The first kappa shape index (κ1) is 14.2. The van der Waals surface area contributed by atoms with Crippen LogP contribution in [0.5, 0.6) is 0 Å². The molecule has 6 heteroatoms. The summed E-state index contributed by atoms with van der Waals surface area (Å²) >= 11 is 9.38. The van der Waals surface area contributed by atoms with E-state index in [-0.39, 0.29) is 18.5 Å². The van der Waals surface area contributed by atoms with Gasteiger partial charge in [0, 0.05) is 35.0 Å². The second-order valence-electron chi connectivity index (χ2n) is 4.38. The van der Waals surface area contributed by atoms with E-state index in [4.69, 9.17) is 16.7 Å². The molecule has 3 nitrogen and oxygen atoms in total. The summed E-state index contributed by atoms with van der Waals surface area (Å²) in [5.74, 6) is 1.25. The molecule has 0 bridgehead atoms. The lowest BCUT2D eigenvalue weighted by molar-refractivity contribution is -0.138.